The third kappa shape index (κ3) is 1.93. The van der Waals surface area contributed by atoms with Crippen LogP contribution in [0.4, 0.5) is 11.4 Å². The van der Waals surface area contributed by atoms with Crippen LogP contribution >= 0.6 is 0 Å². The maximum absolute atomic E-state index is 5.90. The molecule has 0 saturated carbocycles. The summed E-state index contributed by atoms with van der Waals surface area (Å²) in [4.78, 5) is 0. The van der Waals surface area contributed by atoms with Crippen molar-refractivity contribution >= 4 is 11.4 Å². The zero-order chi connectivity index (χ0) is 13.1. The topological polar surface area (TPSA) is 70.5 Å². The Hall–Kier alpha value is -2.36. The summed E-state index contributed by atoms with van der Waals surface area (Å²) in [5.74, 6) is 1.25. The van der Waals surface area contributed by atoms with E-state index in [1.807, 2.05) is 24.3 Å². The number of hydrogen-bond donors (Lipinski definition) is 2. The SMILES string of the molecule is COc1c(N)cccc1-c1cccc(N)c1OC. The van der Waals surface area contributed by atoms with Crippen LogP contribution in [0.3, 0.4) is 0 Å². The molecule has 0 saturated heterocycles. The first-order valence-corrected chi connectivity index (χ1v) is 5.54. The fraction of sp³-hybridized carbons (Fsp3) is 0.143. The summed E-state index contributed by atoms with van der Waals surface area (Å²) in [6.07, 6.45) is 0. The predicted octanol–water partition coefficient (Wildman–Crippen LogP) is 2.54. The number of hydrogen-bond acceptors (Lipinski definition) is 4. The molecule has 0 amide bonds. The molecule has 0 heterocycles. The van der Waals surface area contributed by atoms with Crippen molar-refractivity contribution in [3.8, 4) is 22.6 Å². The van der Waals surface area contributed by atoms with Gasteiger partial charge in [-0.15, -0.1) is 0 Å². The van der Waals surface area contributed by atoms with Gasteiger partial charge in [-0.2, -0.15) is 0 Å². The number of rotatable bonds is 3. The van der Waals surface area contributed by atoms with Gasteiger partial charge in [0.2, 0.25) is 0 Å². The Bertz CT molecular complexity index is 516. The van der Waals surface area contributed by atoms with Crippen LogP contribution in [-0.2, 0) is 0 Å². The zero-order valence-corrected chi connectivity index (χ0v) is 10.4. The van der Waals surface area contributed by atoms with Gasteiger partial charge in [0.15, 0.2) is 0 Å². The molecule has 4 N–H and O–H groups in total. The second-order valence-corrected chi connectivity index (χ2v) is 3.86. The van der Waals surface area contributed by atoms with E-state index in [9.17, 15) is 0 Å². The molecular formula is C14H16N2O2. The molecule has 4 nitrogen and oxygen atoms in total. The number of anilines is 2. The van der Waals surface area contributed by atoms with E-state index in [4.69, 9.17) is 20.9 Å². The number of para-hydroxylation sites is 2. The Morgan fingerprint density at radius 2 is 1.11 bits per heavy atom. The van der Waals surface area contributed by atoms with Gasteiger partial charge in [0.25, 0.3) is 0 Å². The van der Waals surface area contributed by atoms with Crippen molar-refractivity contribution in [2.24, 2.45) is 0 Å². The van der Waals surface area contributed by atoms with Crippen LogP contribution < -0.4 is 20.9 Å². The lowest BCUT2D eigenvalue weighted by atomic mass is 10.0. The molecule has 2 aromatic rings. The highest BCUT2D eigenvalue weighted by Crippen LogP contribution is 2.41. The van der Waals surface area contributed by atoms with Gasteiger partial charge in [-0.05, 0) is 12.1 Å². The van der Waals surface area contributed by atoms with E-state index in [0.717, 1.165) is 11.1 Å². The minimum Gasteiger partial charge on any atom is -0.494 e. The van der Waals surface area contributed by atoms with Crippen LogP contribution in [0.25, 0.3) is 11.1 Å². The third-order valence-electron chi connectivity index (χ3n) is 2.79. The highest BCUT2D eigenvalue weighted by Gasteiger charge is 2.14. The average Bonchev–Trinajstić information content (AvgIpc) is 2.38. The van der Waals surface area contributed by atoms with Gasteiger partial charge >= 0.3 is 0 Å². The van der Waals surface area contributed by atoms with Crippen molar-refractivity contribution in [3.63, 3.8) is 0 Å². The van der Waals surface area contributed by atoms with E-state index in [0.29, 0.717) is 22.9 Å². The summed E-state index contributed by atoms with van der Waals surface area (Å²) in [5, 5.41) is 0. The molecule has 0 aliphatic carbocycles. The lowest BCUT2D eigenvalue weighted by molar-refractivity contribution is 0.412. The fourth-order valence-electron chi connectivity index (χ4n) is 1.99. The van der Waals surface area contributed by atoms with Crippen LogP contribution in [-0.4, -0.2) is 14.2 Å². The summed E-state index contributed by atoms with van der Waals surface area (Å²) in [7, 11) is 3.18. The summed E-state index contributed by atoms with van der Waals surface area (Å²) in [6, 6.07) is 11.2. The number of methoxy groups -OCH3 is 2. The van der Waals surface area contributed by atoms with Gasteiger partial charge in [0, 0.05) is 11.1 Å². The Kier molecular flexibility index (Phi) is 3.28. The smallest absolute Gasteiger partial charge is 0.149 e. The molecule has 0 aromatic heterocycles. The highest BCUT2D eigenvalue weighted by atomic mass is 16.5. The molecule has 0 aliphatic heterocycles. The summed E-state index contributed by atoms with van der Waals surface area (Å²) in [6.45, 7) is 0. The van der Waals surface area contributed by atoms with Gasteiger partial charge in [0.1, 0.15) is 11.5 Å². The Labute approximate surface area is 106 Å². The minimum absolute atomic E-state index is 0.583. The van der Waals surface area contributed by atoms with Gasteiger partial charge in [0.05, 0.1) is 25.6 Å². The second kappa shape index (κ2) is 4.87. The maximum Gasteiger partial charge on any atom is 0.149 e. The maximum atomic E-state index is 5.90. The highest BCUT2D eigenvalue weighted by molar-refractivity contribution is 5.84. The van der Waals surface area contributed by atoms with E-state index in [1.54, 1.807) is 26.4 Å². The second-order valence-electron chi connectivity index (χ2n) is 3.86. The van der Waals surface area contributed by atoms with E-state index in [2.05, 4.69) is 0 Å². The standard InChI is InChI=1S/C14H16N2O2/c1-17-13-9(5-3-7-11(13)15)10-6-4-8-12(16)14(10)18-2/h3-8H,15-16H2,1-2H3. The molecule has 2 rings (SSSR count). The van der Waals surface area contributed by atoms with E-state index in [-0.39, 0.29) is 0 Å². The largest absolute Gasteiger partial charge is 0.494 e. The number of benzene rings is 2. The first-order chi connectivity index (χ1) is 8.69. The normalized spacial score (nSPS) is 10.1. The average molecular weight is 244 g/mol. The third-order valence-corrected chi connectivity index (χ3v) is 2.79. The van der Waals surface area contributed by atoms with Crippen molar-refractivity contribution in [1.82, 2.24) is 0 Å². The molecule has 0 atom stereocenters. The van der Waals surface area contributed by atoms with Gasteiger partial charge in [-0.1, -0.05) is 24.3 Å². The Balaban J connectivity index is 2.69. The number of nitrogen functional groups attached to an aromatic ring is 2. The van der Waals surface area contributed by atoms with Crippen molar-refractivity contribution in [1.29, 1.82) is 0 Å². The van der Waals surface area contributed by atoms with Crippen LogP contribution in [0.1, 0.15) is 0 Å². The summed E-state index contributed by atoms with van der Waals surface area (Å²) < 4.78 is 10.7. The molecule has 2 aromatic carbocycles. The van der Waals surface area contributed by atoms with Crippen LogP contribution in [0.15, 0.2) is 36.4 Å². The van der Waals surface area contributed by atoms with Crippen LogP contribution in [0.5, 0.6) is 11.5 Å². The van der Waals surface area contributed by atoms with Gasteiger partial charge in [-0.25, -0.2) is 0 Å². The van der Waals surface area contributed by atoms with Crippen molar-refractivity contribution in [2.75, 3.05) is 25.7 Å². The predicted molar refractivity (Wildman–Crippen MR) is 73.8 cm³/mol. The quantitative estimate of drug-likeness (QED) is 0.814. The van der Waals surface area contributed by atoms with Crippen molar-refractivity contribution in [2.45, 2.75) is 0 Å². The van der Waals surface area contributed by atoms with Crippen LogP contribution in [0, 0.1) is 0 Å². The van der Waals surface area contributed by atoms with Crippen molar-refractivity contribution in [3.05, 3.63) is 36.4 Å². The molecule has 0 aliphatic rings. The lowest BCUT2D eigenvalue weighted by Gasteiger charge is -2.15. The molecule has 4 heteroatoms. The number of nitrogens with two attached hydrogens (primary N) is 2. The lowest BCUT2D eigenvalue weighted by Crippen LogP contribution is -1.98. The molecule has 0 radical (unpaired) electrons. The molecule has 0 bridgehead atoms. The molecule has 0 unspecified atom stereocenters. The fourth-order valence-corrected chi connectivity index (χ4v) is 1.99. The van der Waals surface area contributed by atoms with E-state index in [1.165, 1.54) is 0 Å². The first-order valence-electron chi connectivity index (χ1n) is 5.54. The minimum atomic E-state index is 0.583. The van der Waals surface area contributed by atoms with E-state index < -0.39 is 0 Å². The Morgan fingerprint density at radius 3 is 1.44 bits per heavy atom. The molecule has 18 heavy (non-hydrogen) atoms. The molecule has 0 fully saturated rings. The van der Waals surface area contributed by atoms with Gasteiger partial charge in [-0.3, -0.25) is 0 Å². The zero-order valence-electron chi connectivity index (χ0n) is 10.4. The van der Waals surface area contributed by atoms with Gasteiger partial charge < -0.3 is 20.9 Å². The summed E-state index contributed by atoms with van der Waals surface area (Å²) in [5.41, 5.74) is 14.7. The monoisotopic (exact) mass is 244 g/mol. The molecular weight excluding hydrogens is 228 g/mol. The van der Waals surface area contributed by atoms with E-state index >= 15 is 0 Å². The molecule has 94 valence electrons. The number of ether oxygens (including phenoxy) is 2. The van der Waals surface area contributed by atoms with Crippen molar-refractivity contribution < 1.29 is 9.47 Å². The summed E-state index contributed by atoms with van der Waals surface area (Å²) >= 11 is 0. The first kappa shape index (κ1) is 12.1. The van der Waals surface area contributed by atoms with Crippen LogP contribution in [0.2, 0.25) is 0 Å². The molecule has 0 spiro atoms. The Morgan fingerprint density at radius 1 is 0.722 bits per heavy atom.